The fourth-order valence-corrected chi connectivity index (χ4v) is 2.63. The van der Waals surface area contributed by atoms with E-state index in [9.17, 15) is 8.42 Å². The van der Waals surface area contributed by atoms with Crippen molar-refractivity contribution in [3.05, 3.63) is 6.20 Å². The number of sulfonamides is 1. The Hall–Kier alpha value is -1.08. The summed E-state index contributed by atoms with van der Waals surface area (Å²) < 4.78 is 28.1. The maximum atomic E-state index is 12.0. The Balaban J connectivity index is 2.86. The fraction of sp³-hybridized carbons (Fsp3) is 0.727. The summed E-state index contributed by atoms with van der Waals surface area (Å²) in [6, 6.07) is 0.0321. The molecule has 3 N–H and O–H groups in total. The standard InChI is InChI=1S/C11H22N4O2S/c1-8(2)5-6-14-18(16,17)10-7-13-15(9(3)4)11(10)12/h7-9,14H,5-6,12H2,1-4H3. The molecule has 0 atom stereocenters. The molecule has 0 aliphatic heterocycles. The van der Waals surface area contributed by atoms with E-state index in [4.69, 9.17) is 5.73 Å². The minimum atomic E-state index is -3.56. The van der Waals surface area contributed by atoms with Crippen LogP contribution >= 0.6 is 0 Å². The highest BCUT2D eigenvalue weighted by atomic mass is 32.2. The lowest BCUT2D eigenvalue weighted by molar-refractivity contribution is 0.539. The van der Waals surface area contributed by atoms with Crippen molar-refractivity contribution in [2.24, 2.45) is 5.92 Å². The van der Waals surface area contributed by atoms with Crippen LogP contribution in [0.4, 0.5) is 5.82 Å². The second kappa shape index (κ2) is 5.71. The Morgan fingerprint density at radius 3 is 2.44 bits per heavy atom. The second-order valence-corrected chi connectivity index (χ2v) is 6.75. The van der Waals surface area contributed by atoms with Crippen molar-refractivity contribution in [3.8, 4) is 0 Å². The Morgan fingerprint density at radius 1 is 1.39 bits per heavy atom. The summed E-state index contributed by atoms with van der Waals surface area (Å²) in [6.07, 6.45) is 2.09. The van der Waals surface area contributed by atoms with Gasteiger partial charge in [0.05, 0.1) is 6.20 Å². The van der Waals surface area contributed by atoms with Crippen molar-refractivity contribution in [2.75, 3.05) is 12.3 Å². The van der Waals surface area contributed by atoms with E-state index >= 15 is 0 Å². The number of nitrogens with zero attached hydrogens (tertiary/aromatic N) is 2. The van der Waals surface area contributed by atoms with E-state index in [1.54, 1.807) is 0 Å². The maximum absolute atomic E-state index is 12.0. The molecule has 0 unspecified atom stereocenters. The van der Waals surface area contributed by atoms with Gasteiger partial charge in [-0.1, -0.05) is 13.8 Å². The van der Waals surface area contributed by atoms with Gasteiger partial charge in [-0.15, -0.1) is 0 Å². The largest absolute Gasteiger partial charge is 0.383 e. The predicted molar refractivity (Wildman–Crippen MR) is 71.7 cm³/mol. The number of aromatic nitrogens is 2. The van der Waals surface area contributed by atoms with Gasteiger partial charge in [0.15, 0.2) is 0 Å². The van der Waals surface area contributed by atoms with E-state index in [1.165, 1.54) is 10.9 Å². The highest BCUT2D eigenvalue weighted by Gasteiger charge is 2.22. The van der Waals surface area contributed by atoms with E-state index < -0.39 is 10.0 Å². The summed E-state index contributed by atoms with van der Waals surface area (Å²) in [7, 11) is -3.56. The van der Waals surface area contributed by atoms with Gasteiger partial charge >= 0.3 is 0 Å². The molecule has 0 amide bonds. The third-order valence-electron chi connectivity index (χ3n) is 2.59. The molecule has 0 spiro atoms. The van der Waals surface area contributed by atoms with Crippen molar-refractivity contribution in [1.29, 1.82) is 0 Å². The van der Waals surface area contributed by atoms with Gasteiger partial charge in [0.2, 0.25) is 10.0 Å². The second-order valence-electron chi connectivity index (χ2n) is 5.01. The highest BCUT2D eigenvalue weighted by Crippen LogP contribution is 2.20. The summed E-state index contributed by atoms with van der Waals surface area (Å²) in [5.41, 5.74) is 5.80. The molecule has 7 heteroatoms. The van der Waals surface area contributed by atoms with Gasteiger partial charge in [-0.3, -0.25) is 0 Å². The molecule has 1 rings (SSSR count). The monoisotopic (exact) mass is 274 g/mol. The number of anilines is 1. The van der Waals surface area contributed by atoms with Crippen molar-refractivity contribution in [1.82, 2.24) is 14.5 Å². The van der Waals surface area contributed by atoms with Crippen LogP contribution in [0.25, 0.3) is 0 Å². The quantitative estimate of drug-likeness (QED) is 0.819. The average molecular weight is 274 g/mol. The molecule has 1 heterocycles. The maximum Gasteiger partial charge on any atom is 0.245 e. The molecule has 0 aliphatic rings. The van der Waals surface area contributed by atoms with Gasteiger partial charge in [-0.25, -0.2) is 17.8 Å². The molecule has 6 nitrogen and oxygen atoms in total. The van der Waals surface area contributed by atoms with E-state index in [1.807, 2.05) is 27.7 Å². The minimum absolute atomic E-state index is 0.0321. The number of hydrogen-bond acceptors (Lipinski definition) is 4. The molecular weight excluding hydrogens is 252 g/mol. The van der Waals surface area contributed by atoms with Crippen LogP contribution in [0.5, 0.6) is 0 Å². The summed E-state index contributed by atoms with van der Waals surface area (Å²) in [4.78, 5) is 0.0555. The molecule has 1 aromatic rings. The van der Waals surface area contributed by atoms with Crippen LogP contribution in [0.2, 0.25) is 0 Å². The zero-order chi connectivity index (χ0) is 13.9. The molecule has 0 fully saturated rings. The van der Waals surface area contributed by atoms with Gasteiger partial charge in [-0.05, 0) is 26.2 Å². The number of nitrogens with one attached hydrogen (secondary N) is 1. The van der Waals surface area contributed by atoms with Crippen LogP contribution in [0.15, 0.2) is 11.1 Å². The molecule has 1 aromatic heterocycles. The van der Waals surface area contributed by atoms with Crippen LogP contribution in [0.1, 0.15) is 40.2 Å². The number of nitrogens with two attached hydrogens (primary N) is 1. The Bertz CT molecular complexity index is 491. The third-order valence-corrected chi connectivity index (χ3v) is 4.07. The molecule has 0 bridgehead atoms. The van der Waals surface area contributed by atoms with Crippen molar-refractivity contribution in [3.63, 3.8) is 0 Å². The van der Waals surface area contributed by atoms with Gasteiger partial charge in [0.25, 0.3) is 0 Å². The molecule has 0 saturated carbocycles. The van der Waals surface area contributed by atoms with Gasteiger partial charge < -0.3 is 5.73 Å². The highest BCUT2D eigenvalue weighted by molar-refractivity contribution is 7.89. The number of nitrogen functional groups attached to an aromatic ring is 1. The lowest BCUT2D eigenvalue weighted by Crippen LogP contribution is -2.26. The molecule has 18 heavy (non-hydrogen) atoms. The smallest absolute Gasteiger partial charge is 0.245 e. The minimum Gasteiger partial charge on any atom is -0.383 e. The molecule has 0 saturated heterocycles. The Labute approximate surface area is 109 Å². The summed E-state index contributed by atoms with van der Waals surface area (Å²) >= 11 is 0. The number of rotatable bonds is 6. The van der Waals surface area contributed by atoms with Gasteiger partial charge in [-0.2, -0.15) is 5.10 Å². The van der Waals surface area contributed by atoms with E-state index in [0.717, 1.165) is 6.42 Å². The zero-order valence-electron chi connectivity index (χ0n) is 11.3. The first kappa shape index (κ1) is 15.0. The predicted octanol–water partition coefficient (Wildman–Crippen LogP) is 1.37. The normalized spacial score (nSPS) is 12.6. The van der Waals surface area contributed by atoms with Gasteiger partial charge in [0, 0.05) is 12.6 Å². The third kappa shape index (κ3) is 3.46. The van der Waals surface area contributed by atoms with Crippen molar-refractivity contribution < 1.29 is 8.42 Å². The van der Waals surface area contributed by atoms with Crippen molar-refractivity contribution >= 4 is 15.8 Å². The van der Waals surface area contributed by atoms with Crippen LogP contribution < -0.4 is 10.5 Å². The Kier molecular flexibility index (Phi) is 4.75. The number of hydrogen-bond donors (Lipinski definition) is 2. The SMILES string of the molecule is CC(C)CCNS(=O)(=O)c1cnn(C(C)C)c1N. The van der Waals surface area contributed by atoms with Gasteiger partial charge in [0.1, 0.15) is 10.7 Å². The van der Waals surface area contributed by atoms with E-state index in [-0.39, 0.29) is 16.8 Å². The first-order chi connectivity index (χ1) is 8.25. The van der Waals surface area contributed by atoms with Crippen LogP contribution in [0.3, 0.4) is 0 Å². The molecule has 0 aromatic carbocycles. The summed E-state index contributed by atoms with van der Waals surface area (Å²) in [6.45, 7) is 8.28. The first-order valence-electron chi connectivity index (χ1n) is 6.08. The van der Waals surface area contributed by atoms with E-state index in [2.05, 4.69) is 9.82 Å². The van der Waals surface area contributed by atoms with Crippen LogP contribution in [-0.2, 0) is 10.0 Å². The molecular formula is C11H22N4O2S. The molecule has 0 radical (unpaired) electrons. The fourth-order valence-electron chi connectivity index (χ4n) is 1.53. The zero-order valence-corrected chi connectivity index (χ0v) is 12.2. The Morgan fingerprint density at radius 2 is 2.00 bits per heavy atom. The topological polar surface area (TPSA) is 90.0 Å². The lowest BCUT2D eigenvalue weighted by Gasteiger charge is -2.10. The van der Waals surface area contributed by atoms with Crippen molar-refractivity contribution in [2.45, 2.75) is 45.1 Å². The summed E-state index contributed by atoms with van der Waals surface area (Å²) in [5, 5.41) is 4.00. The molecule has 0 aliphatic carbocycles. The van der Waals surface area contributed by atoms with E-state index in [0.29, 0.717) is 12.5 Å². The molecule has 104 valence electrons. The van der Waals surface area contributed by atoms with Crippen LogP contribution in [0, 0.1) is 5.92 Å². The first-order valence-corrected chi connectivity index (χ1v) is 7.56. The lowest BCUT2D eigenvalue weighted by atomic mass is 10.1. The average Bonchev–Trinajstić information content (AvgIpc) is 2.59. The summed E-state index contributed by atoms with van der Waals surface area (Å²) in [5.74, 6) is 0.630. The van der Waals surface area contributed by atoms with Crippen LogP contribution in [-0.4, -0.2) is 24.7 Å².